The Morgan fingerprint density at radius 1 is 1.33 bits per heavy atom. The Morgan fingerprint density at radius 2 is 2.13 bits per heavy atom. The lowest BCUT2D eigenvalue weighted by Crippen LogP contribution is -2.00. The summed E-state index contributed by atoms with van der Waals surface area (Å²) >= 11 is 6.17. The number of benzene rings is 1. The van der Waals surface area contributed by atoms with Crippen LogP contribution in [-0.2, 0) is 6.42 Å². The molecule has 0 saturated carbocycles. The van der Waals surface area contributed by atoms with E-state index in [-0.39, 0.29) is 0 Å². The molecule has 1 aromatic carbocycles. The number of hydrogen-bond donors (Lipinski definition) is 0. The van der Waals surface area contributed by atoms with Gasteiger partial charge >= 0.3 is 0 Å². The van der Waals surface area contributed by atoms with Crippen LogP contribution in [0.4, 0.5) is 0 Å². The normalized spacial score (nSPS) is 12.5. The van der Waals surface area contributed by atoms with Gasteiger partial charge in [0.25, 0.3) is 0 Å². The number of rotatable bonds is 6. The fraction of sp³-hybridized carbons (Fsp3) is 0.538. The van der Waals surface area contributed by atoms with Crippen molar-refractivity contribution in [2.75, 3.05) is 7.11 Å². The first kappa shape index (κ1) is 12.4. The minimum atomic E-state index is 0.307. The molecule has 2 heteroatoms. The van der Waals surface area contributed by atoms with Crippen LogP contribution in [0.1, 0.15) is 31.7 Å². The highest BCUT2D eigenvalue weighted by molar-refractivity contribution is 6.20. The van der Waals surface area contributed by atoms with Gasteiger partial charge in [-0.25, -0.2) is 0 Å². The van der Waals surface area contributed by atoms with Crippen molar-refractivity contribution in [1.82, 2.24) is 0 Å². The van der Waals surface area contributed by atoms with Gasteiger partial charge in [0.15, 0.2) is 0 Å². The van der Waals surface area contributed by atoms with Gasteiger partial charge in [0.2, 0.25) is 0 Å². The molecule has 0 spiro atoms. The van der Waals surface area contributed by atoms with Crippen molar-refractivity contribution >= 4 is 11.6 Å². The third-order valence-corrected chi connectivity index (χ3v) is 2.92. The van der Waals surface area contributed by atoms with Crippen LogP contribution >= 0.6 is 11.6 Å². The van der Waals surface area contributed by atoms with E-state index >= 15 is 0 Å². The molecule has 0 amide bonds. The highest BCUT2D eigenvalue weighted by Crippen LogP contribution is 2.17. The van der Waals surface area contributed by atoms with E-state index in [1.165, 1.54) is 5.56 Å². The van der Waals surface area contributed by atoms with E-state index in [4.69, 9.17) is 16.3 Å². The second-order valence-electron chi connectivity index (χ2n) is 3.78. The molecule has 15 heavy (non-hydrogen) atoms. The maximum Gasteiger partial charge on any atom is 0.119 e. The summed E-state index contributed by atoms with van der Waals surface area (Å²) in [6, 6.07) is 8.19. The maximum absolute atomic E-state index is 6.17. The molecule has 1 aromatic rings. The molecule has 0 fully saturated rings. The third-order valence-electron chi connectivity index (χ3n) is 2.48. The van der Waals surface area contributed by atoms with Gasteiger partial charge in [-0.3, -0.25) is 0 Å². The molecule has 1 rings (SSSR count). The van der Waals surface area contributed by atoms with Crippen LogP contribution < -0.4 is 4.74 Å². The summed E-state index contributed by atoms with van der Waals surface area (Å²) in [7, 11) is 1.69. The van der Waals surface area contributed by atoms with Crippen molar-refractivity contribution < 1.29 is 4.74 Å². The molecular formula is C13H19ClO. The molecule has 0 bridgehead atoms. The van der Waals surface area contributed by atoms with Crippen molar-refractivity contribution in [3.05, 3.63) is 29.8 Å². The van der Waals surface area contributed by atoms with Crippen molar-refractivity contribution in [1.29, 1.82) is 0 Å². The van der Waals surface area contributed by atoms with E-state index in [2.05, 4.69) is 19.1 Å². The highest BCUT2D eigenvalue weighted by atomic mass is 35.5. The zero-order valence-corrected chi connectivity index (χ0v) is 10.3. The van der Waals surface area contributed by atoms with Gasteiger partial charge < -0.3 is 4.74 Å². The predicted molar refractivity (Wildman–Crippen MR) is 65.9 cm³/mol. The molecule has 0 aliphatic heterocycles. The van der Waals surface area contributed by atoms with Crippen LogP contribution in [0, 0.1) is 0 Å². The Bertz CT molecular complexity index is 286. The number of hydrogen-bond acceptors (Lipinski definition) is 1. The van der Waals surface area contributed by atoms with Gasteiger partial charge in [0, 0.05) is 5.38 Å². The fourth-order valence-corrected chi connectivity index (χ4v) is 1.94. The van der Waals surface area contributed by atoms with Crippen LogP contribution in [-0.4, -0.2) is 12.5 Å². The summed E-state index contributed by atoms with van der Waals surface area (Å²) in [5, 5.41) is 0.307. The predicted octanol–water partition coefficient (Wildman–Crippen LogP) is 4.04. The summed E-state index contributed by atoms with van der Waals surface area (Å²) in [5.41, 5.74) is 1.30. The molecule has 0 aliphatic carbocycles. The highest BCUT2D eigenvalue weighted by Gasteiger charge is 2.04. The zero-order valence-electron chi connectivity index (χ0n) is 9.50. The third kappa shape index (κ3) is 4.57. The summed E-state index contributed by atoms with van der Waals surface area (Å²) in [6.45, 7) is 2.17. The molecule has 0 aliphatic rings. The SMILES string of the molecule is CCCC(Cl)CCc1cccc(OC)c1. The second kappa shape index (κ2) is 6.73. The molecular weight excluding hydrogens is 208 g/mol. The van der Waals surface area contributed by atoms with Crippen molar-refractivity contribution in [3.8, 4) is 5.75 Å². The number of halogens is 1. The molecule has 0 radical (unpaired) electrons. The van der Waals surface area contributed by atoms with Gasteiger partial charge in [-0.1, -0.05) is 25.5 Å². The second-order valence-corrected chi connectivity index (χ2v) is 4.39. The van der Waals surface area contributed by atoms with Gasteiger partial charge in [0.05, 0.1) is 7.11 Å². The first-order valence-electron chi connectivity index (χ1n) is 5.53. The molecule has 1 nitrogen and oxygen atoms in total. The number of ether oxygens (including phenoxy) is 1. The fourth-order valence-electron chi connectivity index (χ4n) is 1.61. The van der Waals surface area contributed by atoms with E-state index in [0.29, 0.717) is 5.38 Å². The zero-order chi connectivity index (χ0) is 11.1. The van der Waals surface area contributed by atoms with Crippen molar-refractivity contribution in [3.63, 3.8) is 0 Å². The lowest BCUT2D eigenvalue weighted by molar-refractivity contribution is 0.414. The lowest BCUT2D eigenvalue weighted by Gasteiger charge is -2.08. The van der Waals surface area contributed by atoms with Crippen LogP contribution in [0.3, 0.4) is 0 Å². The van der Waals surface area contributed by atoms with E-state index in [0.717, 1.165) is 31.4 Å². The molecule has 1 unspecified atom stereocenters. The van der Waals surface area contributed by atoms with Gasteiger partial charge in [-0.05, 0) is 37.0 Å². The van der Waals surface area contributed by atoms with E-state index in [1.807, 2.05) is 12.1 Å². The summed E-state index contributed by atoms with van der Waals surface area (Å²) in [4.78, 5) is 0. The van der Waals surface area contributed by atoms with E-state index < -0.39 is 0 Å². The van der Waals surface area contributed by atoms with Gasteiger partial charge in [0.1, 0.15) is 5.75 Å². The quantitative estimate of drug-likeness (QED) is 0.666. The molecule has 0 heterocycles. The average Bonchev–Trinajstić information content (AvgIpc) is 2.27. The molecule has 1 atom stereocenters. The summed E-state index contributed by atoms with van der Waals surface area (Å²) in [5.74, 6) is 0.925. The Balaban J connectivity index is 2.43. The number of aryl methyl sites for hydroxylation is 1. The minimum absolute atomic E-state index is 0.307. The van der Waals surface area contributed by atoms with Gasteiger partial charge in [-0.15, -0.1) is 11.6 Å². The Kier molecular flexibility index (Phi) is 5.56. The van der Waals surface area contributed by atoms with Crippen LogP contribution in [0.25, 0.3) is 0 Å². The first-order valence-corrected chi connectivity index (χ1v) is 5.97. The average molecular weight is 227 g/mol. The molecule has 0 N–H and O–H groups in total. The molecule has 0 saturated heterocycles. The largest absolute Gasteiger partial charge is 0.497 e. The van der Waals surface area contributed by atoms with Crippen molar-refractivity contribution in [2.45, 2.75) is 38.0 Å². The van der Waals surface area contributed by atoms with Gasteiger partial charge in [-0.2, -0.15) is 0 Å². The number of methoxy groups -OCH3 is 1. The standard InChI is InChI=1S/C13H19ClO/c1-3-5-12(14)9-8-11-6-4-7-13(10-11)15-2/h4,6-7,10,12H,3,5,8-9H2,1-2H3. The lowest BCUT2D eigenvalue weighted by atomic mass is 10.1. The summed E-state index contributed by atoms with van der Waals surface area (Å²) < 4.78 is 5.18. The van der Waals surface area contributed by atoms with E-state index in [1.54, 1.807) is 7.11 Å². The topological polar surface area (TPSA) is 9.23 Å². The first-order chi connectivity index (χ1) is 7.26. The minimum Gasteiger partial charge on any atom is -0.497 e. The Morgan fingerprint density at radius 3 is 2.80 bits per heavy atom. The Labute approximate surface area is 97.4 Å². The van der Waals surface area contributed by atoms with Crippen LogP contribution in [0.5, 0.6) is 5.75 Å². The summed E-state index contributed by atoms with van der Waals surface area (Å²) in [6.07, 6.45) is 4.34. The van der Waals surface area contributed by atoms with Crippen molar-refractivity contribution in [2.24, 2.45) is 0 Å². The molecule has 0 aromatic heterocycles. The Hall–Kier alpha value is -0.690. The number of alkyl halides is 1. The van der Waals surface area contributed by atoms with E-state index in [9.17, 15) is 0 Å². The van der Waals surface area contributed by atoms with Crippen LogP contribution in [0.15, 0.2) is 24.3 Å². The van der Waals surface area contributed by atoms with Crippen LogP contribution in [0.2, 0.25) is 0 Å². The smallest absolute Gasteiger partial charge is 0.119 e. The monoisotopic (exact) mass is 226 g/mol. The molecule has 84 valence electrons. The maximum atomic E-state index is 6.17.